The summed E-state index contributed by atoms with van der Waals surface area (Å²) in [5, 5.41) is 6.36. The Morgan fingerprint density at radius 2 is 1.85 bits per heavy atom. The van der Waals surface area contributed by atoms with E-state index < -0.39 is 0 Å². The number of hydrogen-bond acceptors (Lipinski definition) is 5. The third kappa shape index (κ3) is 4.20. The van der Waals surface area contributed by atoms with E-state index >= 15 is 0 Å². The third-order valence-corrected chi connectivity index (χ3v) is 4.01. The fourth-order valence-corrected chi connectivity index (χ4v) is 2.78. The first-order chi connectivity index (χ1) is 13.0. The van der Waals surface area contributed by atoms with Crippen molar-refractivity contribution in [3.8, 4) is 11.5 Å². The zero-order chi connectivity index (χ0) is 19.4. The summed E-state index contributed by atoms with van der Waals surface area (Å²) in [5.74, 6) is 0.777. The van der Waals surface area contributed by atoms with Crippen molar-refractivity contribution in [1.82, 2.24) is 0 Å². The summed E-state index contributed by atoms with van der Waals surface area (Å²) in [4.78, 5) is 23.8. The second-order valence-electron chi connectivity index (χ2n) is 5.94. The summed E-state index contributed by atoms with van der Waals surface area (Å²) >= 11 is 0. The molecule has 27 heavy (non-hydrogen) atoms. The molecular weight excluding hydrogens is 348 g/mol. The number of benzene rings is 2. The minimum atomic E-state index is -0.225. The average molecular weight is 368 g/mol. The molecule has 7 nitrogen and oxygen atoms in total. The number of fused-ring (bicyclic) bond motifs is 1. The van der Waals surface area contributed by atoms with Crippen LogP contribution in [0, 0.1) is 0 Å². The number of hydrogen-bond donors (Lipinski definition) is 2. The van der Waals surface area contributed by atoms with Gasteiger partial charge in [-0.05, 0) is 30.3 Å². The predicted octanol–water partition coefficient (Wildman–Crippen LogP) is 3.59. The zero-order valence-corrected chi connectivity index (χ0v) is 15.3. The number of anilines is 2. The van der Waals surface area contributed by atoms with E-state index in [2.05, 4.69) is 10.6 Å². The predicted molar refractivity (Wildman–Crippen MR) is 102 cm³/mol. The molecule has 2 aromatic carbocycles. The van der Waals surface area contributed by atoms with Crippen molar-refractivity contribution in [2.24, 2.45) is 0 Å². The second kappa shape index (κ2) is 7.82. The highest BCUT2D eigenvalue weighted by Gasteiger charge is 2.13. The highest BCUT2D eigenvalue weighted by Crippen LogP contribution is 2.29. The van der Waals surface area contributed by atoms with Gasteiger partial charge in [0.2, 0.25) is 11.8 Å². The molecule has 1 heterocycles. The van der Waals surface area contributed by atoms with Crippen molar-refractivity contribution < 1.29 is 23.5 Å². The van der Waals surface area contributed by atoms with E-state index in [1.54, 1.807) is 37.6 Å². The Morgan fingerprint density at radius 3 is 2.56 bits per heavy atom. The van der Waals surface area contributed by atoms with Crippen LogP contribution >= 0.6 is 0 Å². The average Bonchev–Trinajstić information content (AvgIpc) is 3.03. The molecule has 1 aromatic heterocycles. The van der Waals surface area contributed by atoms with Crippen LogP contribution < -0.4 is 20.1 Å². The standard InChI is InChI=1S/C20H20N2O5/c1-12(23)21-17-9-14(4-7-18(17)26-3)22-20(24)8-13-11-27-19-10-15(25-2)5-6-16(13)19/h4-7,9-11H,8H2,1-3H3,(H,21,23)(H,22,24). The third-order valence-electron chi connectivity index (χ3n) is 4.01. The molecule has 0 unspecified atom stereocenters. The molecule has 3 rings (SSSR count). The smallest absolute Gasteiger partial charge is 0.228 e. The number of carbonyl (C=O) groups is 2. The van der Waals surface area contributed by atoms with Gasteiger partial charge >= 0.3 is 0 Å². The van der Waals surface area contributed by atoms with Gasteiger partial charge in [-0.2, -0.15) is 0 Å². The number of nitrogens with one attached hydrogen (secondary N) is 2. The molecule has 2 N–H and O–H groups in total. The first kappa shape index (κ1) is 18.3. The fraction of sp³-hybridized carbons (Fsp3) is 0.200. The summed E-state index contributed by atoms with van der Waals surface area (Å²) in [5.41, 5.74) is 2.48. The van der Waals surface area contributed by atoms with E-state index in [-0.39, 0.29) is 18.2 Å². The lowest BCUT2D eigenvalue weighted by molar-refractivity contribution is -0.115. The molecule has 2 amide bonds. The van der Waals surface area contributed by atoms with Crippen LogP contribution in [0.3, 0.4) is 0 Å². The lowest BCUT2D eigenvalue weighted by atomic mass is 10.1. The van der Waals surface area contributed by atoms with Gasteiger partial charge in [-0.1, -0.05) is 0 Å². The van der Waals surface area contributed by atoms with Gasteiger partial charge in [-0.25, -0.2) is 0 Å². The molecule has 0 aliphatic heterocycles. The van der Waals surface area contributed by atoms with Crippen LogP contribution in [0.15, 0.2) is 47.1 Å². The molecule has 7 heteroatoms. The summed E-state index contributed by atoms with van der Waals surface area (Å²) in [6, 6.07) is 10.5. The maximum atomic E-state index is 12.4. The van der Waals surface area contributed by atoms with E-state index in [1.807, 2.05) is 12.1 Å². The first-order valence-electron chi connectivity index (χ1n) is 8.29. The molecular formula is C20H20N2O5. The van der Waals surface area contributed by atoms with E-state index in [1.165, 1.54) is 14.0 Å². The fourth-order valence-electron chi connectivity index (χ4n) is 2.78. The number of rotatable bonds is 6. The summed E-state index contributed by atoms with van der Waals surface area (Å²) in [7, 11) is 3.10. The molecule has 0 aliphatic carbocycles. The normalized spacial score (nSPS) is 10.5. The van der Waals surface area contributed by atoms with E-state index in [0.717, 1.165) is 10.9 Å². The van der Waals surface area contributed by atoms with E-state index in [4.69, 9.17) is 13.9 Å². The van der Waals surface area contributed by atoms with Gasteiger partial charge < -0.3 is 24.5 Å². The Morgan fingerprint density at radius 1 is 1.04 bits per heavy atom. The van der Waals surface area contributed by atoms with Crippen molar-refractivity contribution in [3.63, 3.8) is 0 Å². The van der Waals surface area contributed by atoms with Gasteiger partial charge in [0.15, 0.2) is 0 Å². The lowest BCUT2D eigenvalue weighted by Crippen LogP contribution is -2.15. The molecule has 0 fully saturated rings. The maximum absolute atomic E-state index is 12.4. The maximum Gasteiger partial charge on any atom is 0.228 e. The van der Waals surface area contributed by atoms with Crippen LogP contribution in [-0.4, -0.2) is 26.0 Å². The molecule has 0 saturated carbocycles. The minimum Gasteiger partial charge on any atom is -0.497 e. The zero-order valence-electron chi connectivity index (χ0n) is 15.3. The number of methoxy groups -OCH3 is 2. The SMILES string of the molecule is COc1ccc2c(CC(=O)Nc3ccc(OC)c(NC(C)=O)c3)coc2c1. The summed E-state index contributed by atoms with van der Waals surface area (Å²) < 4.78 is 15.9. The Bertz CT molecular complexity index is 993. The molecule has 0 radical (unpaired) electrons. The Hall–Kier alpha value is -3.48. The largest absolute Gasteiger partial charge is 0.497 e. The number of furan rings is 1. The van der Waals surface area contributed by atoms with Crippen LogP contribution in [0.25, 0.3) is 11.0 Å². The molecule has 0 atom stereocenters. The number of ether oxygens (including phenoxy) is 2. The highest BCUT2D eigenvalue weighted by atomic mass is 16.5. The Labute approximate surface area is 156 Å². The first-order valence-corrected chi connectivity index (χ1v) is 8.29. The Balaban J connectivity index is 1.75. The number of amides is 2. The monoisotopic (exact) mass is 368 g/mol. The summed E-state index contributed by atoms with van der Waals surface area (Å²) in [6.07, 6.45) is 1.72. The van der Waals surface area contributed by atoms with E-state index in [0.29, 0.717) is 28.5 Å². The molecule has 0 spiro atoms. The van der Waals surface area contributed by atoms with Gasteiger partial charge in [0, 0.05) is 29.6 Å². The Kier molecular flexibility index (Phi) is 5.30. The van der Waals surface area contributed by atoms with Gasteiger partial charge in [0.1, 0.15) is 17.1 Å². The topological polar surface area (TPSA) is 89.8 Å². The molecule has 0 bridgehead atoms. The molecule has 140 valence electrons. The van der Waals surface area contributed by atoms with Crippen molar-refractivity contribution >= 4 is 34.2 Å². The quantitative estimate of drug-likeness (QED) is 0.694. The molecule has 3 aromatic rings. The van der Waals surface area contributed by atoms with E-state index in [9.17, 15) is 9.59 Å². The molecule has 0 saturated heterocycles. The lowest BCUT2D eigenvalue weighted by Gasteiger charge is -2.11. The van der Waals surface area contributed by atoms with Crippen molar-refractivity contribution in [3.05, 3.63) is 48.2 Å². The van der Waals surface area contributed by atoms with Gasteiger partial charge in [0.05, 0.1) is 32.6 Å². The van der Waals surface area contributed by atoms with Crippen LogP contribution in [0.5, 0.6) is 11.5 Å². The molecule has 0 aliphatic rings. The van der Waals surface area contributed by atoms with Crippen LogP contribution in [0.2, 0.25) is 0 Å². The van der Waals surface area contributed by atoms with Crippen LogP contribution in [0.4, 0.5) is 11.4 Å². The number of carbonyl (C=O) groups excluding carboxylic acids is 2. The minimum absolute atomic E-state index is 0.154. The van der Waals surface area contributed by atoms with Crippen molar-refractivity contribution in [2.45, 2.75) is 13.3 Å². The van der Waals surface area contributed by atoms with Crippen LogP contribution in [-0.2, 0) is 16.0 Å². The highest BCUT2D eigenvalue weighted by molar-refractivity contribution is 5.97. The van der Waals surface area contributed by atoms with Gasteiger partial charge in [-0.3, -0.25) is 9.59 Å². The van der Waals surface area contributed by atoms with Gasteiger partial charge in [-0.15, -0.1) is 0 Å². The second-order valence-corrected chi connectivity index (χ2v) is 5.94. The van der Waals surface area contributed by atoms with Gasteiger partial charge in [0.25, 0.3) is 0 Å². The van der Waals surface area contributed by atoms with Crippen molar-refractivity contribution in [2.75, 3.05) is 24.9 Å². The van der Waals surface area contributed by atoms with Crippen molar-refractivity contribution in [1.29, 1.82) is 0 Å². The summed E-state index contributed by atoms with van der Waals surface area (Å²) in [6.45, 7) is 1.41. The van der Waals surface area contributed by atoms with Crippen LogP contribution in [0.1, 0.15) is 12.5 Å².